The summed E-state index contributed by atoms with van der Waals surface area (Å²) in [5.41, 5.74) is 0.919. The largest absolute Gasteiger partial charge is 0.484 e. The highest BCUT2D eigenvalue weighted by molar-refractivity contribution is 7.47. The topological polar surface area (TPSA) is 256 Å². The van der Waals surface area contributed by atoms with E-state index in [1.54, 1.807) is 115 Å². The molecule has 2 aromatic heterocycles. The van der Waals surface area contributed by atoms with Gasteiger partial charge in [0.15, 0.2) is 55.2 Å². The van der Waals surface area contributed by atoms with Crippen molar-refractivity contribution >= 4 is 48.7 Å². The fourth-order valence-corrected chi connectivity index (χ4v) is 7.82. The maximum Gasteiger partial charge on any atom is 0.472 e. The van der Waals surface area contributed by atoms with Gasteiger partial charge >= 0.3 is 25.9 Å². The maximum atomic E-state index is 13.6. The summed E-state index contributed by atoms with van der Waals surface area (Å²) in [5, 5.41) is 5.33. The molecule has 21 nitrogen and oxygen atoms in total. The number of fused-ring (bicyclic) bond motifs is 1. The number of amides is 2. The van der Waals surface area contributed by atoms with Crippen molar-refractivity contribution in [3.05, 3.63) is 140 Å². The van der Waals surface area contributed by atoms with Crippen molar-refractivity contribution in [2.24, 2.45) is 5.92 Å². The van der Waals surface area contributed by atoms with E-state index >= 15 is 0 Å². The fourth-order valence-electron chi connectivity index (χ4n) is 7.05. The monoisotopic (exact) mass is 982 g/mol. The van der Waals surface area contributed by atoms with E-state index in [1.807, 2.05) is 19.9 Å². The highest BCUT2D eigenvalue weighted by atomic mass is 31.2. The number of nitrogens with zero attached hydrogens (tertiary/aromatic N) is 4. The zero-order valence-corrected chi connectivity index (χ0v) is 38.9. The summed E-state index contributed by atoms with van der Waals surface area (Å²) in [7, 11) is -4.97. The molecule has 22 heteroatoms. The summed E-state index contributed by atoms with van der Waals surface area (Å²) >= 11 is 0. The number of hydrogen-bond acceptors (Lipinski definition) is 17. The Bertz CT molecular complexity index is 2680. The number of phosphoric ester groups is 1. The first kappa shape index (κ1) is 50.5. The van der Waals surface area contributed by atoms with E-state index in [0.29, 0.717) is 23.7 Å². The molecule has 3 heterocycles. The number of nitrogens with one attached hydrogen (secondary N) is 2. The minimum absolute atomic E-state index is 0.00206. The molecule has 1 unspecified atom stereocenters. The van der Waals surface area contributed by atoms with E-state index in [1.165, 1.54) is 10.9 Å². The molecule has 7 rings (SSSR count). The van der Waals surface area contributed by atoms with Crippen LogP contribution < -0.4 is 24.8 Å². The van der Waals surface area contributed by atoms with Crippen LogP contribution in [0.4, 0.5) is 10.6 Å². The maximum absolute atomic E-state index is 13.6. The Balaban J connectivity index is 1.11. The summed E-state index contributed by atoms with van der Waals surface area (Å²) in [6.07, 6.45) is -3.96. The average Bonchev–Trinajstić information content (AvgIpc) is 3.94. The van der Waals surface area contributed by atoms with Gasteiger partial charge in [0.1, 0.15) is 36.3 Å². The molecule has 70 heavy (non-hydrogen) atoms. The Morgan fingerprint density at radius 1 is 0.729 bits per heavy atom. The van der Waals surface area contributed by atoms with Crippen molar-refractivity contribution in [2.75, 3.05) is 38.4 Å². The molecular weight excluding hydrogens is 932 g/mol. The number of imidazole rings is 1. The second kappa shape index (κ2) is 24.7. The molecule has 4 aromatic carbocycles. The minimum Gasteiger partial charge on any atom is -0.484 e. The van der Waals surface area contributed by atoms with Gasteiger partial charge in [0.05, 0.1) is 25.6 Å². The van der Waals surface area contributed by atoms with E-state index in [-0.39, 0.29) is 36.1 Å². The van der Waals surface area contributed by atoms with Gasteiger partial charge in [0.25, 0.3) is 5.91 Å². The standard InChI is InChI=1S/C48H51N6O15P/c1-32(2)23-34(52-48(58)64-24-33-15-7-3-8-16-33)25-65-70(59,60)66-26-38-43(68-40(56)28-62-36-19-11-5-12-20-36)44(69-41(57)29-63-37-21-13-6-14-22-37)47(67-38)54-31-51-42-45(49-30-50-46(42)54)53-39(55)27-61-35-17-9-4-10-18-35/h3-22,30-32,34,38,43-44,47H,23-29H2,1-2H3,(H,52,58)(H,59,60)(H,49,50,53,55)/t34-,38+,43+,44+,47+/m0/s1. The number of carbonyl (C=O) groups is 4. The highest BCUT2D eigenvalue weighted by Crippen LogP contribution is 2.45. The fraction of sp³-hybridized carbons (Fsp3) is 0.312. The van der Waals surface area contributed by atoms with Crippen molar-refractivity contribution < 1.29 is 70.8 Å². The normalized spacial score (nSPS) is 17.7. The lowest BCUT2D eigenvalue weighted by Crippen LogP contribution is -2.42. The van der Waals surface area contributed by atoms with Crippen molar-refractivity contribution in [1.82, 2.24) is 24.8 Å². The van der Waals surface area contributed by atoms with Gasteiger partial charge in [-0.1, -0.05) is 98.8 Å². The van der Waals surface area contributed by atoms with Gasteiger partial charge in [0.2, 0.25) is 0 Å². The molecule has 1 saturated heterocycles. The van der Waals surface area contributed by atoms with Crippen LogP contribution in [0.15, 0.2) is 134 Å². The molecule has 0 saturated carbocycles. The van der Waals surface area contributed by atoms with Crippen molar-refractivity contribution in [1.29, 1.82) is 0 Å². The predicted molar refractivity (Wildman–Crippen MR) is 248 cm³/mol. The molecule has 0 radical (unpaired) electrons. The Kier molecular flexibility index (Phi) is 17.8. The molecule has 6 atom stereocenters. The van der Waals surface area contributed by atoms with E-state index in [9.17, 15) is 28.6 Å². The Morgan fingerprint density at radius 3 is 1.87 bits per heavy atom. The summed E-state index contributed by atoms with van der Waals surface area (Å²) < 4.78 is 66.2. The molecule has 2 amide bonds. The SMILES string of the molecule is CC(C)C[C@@H](COP(=O)(O)OC[C@H]1O[C@@H](n2cnc3c(NC(=O)COc4ccccc4)ncnc32)[C@H](OC(=O)COc2ccccc2)[C@@H]1OC(=O)COc1ccccc1)NC(=O)OCc1ccccc1. The average molecular weight is 983 g/mol. The van der Waals surface area contributed by atoms with Gasteiger partial charge in [0, 0.05) is 0 Å². The predicted octanol–water partition coefficient (Wildman–Crippen LogP) is 6.20. The summed E-state index contributed by atoms with van der Waals surface area (Å²) in [4.78, 5) is 76.9. The van der Waals surface area contributed by atoms with E-state index < -0.39 is 88.8 Å². The van der Waals surface area contributed by atoms with Gasteiger partial charge < -0.3 is 48.7 Å². The van der Waals surface area contributed by atoms with Crippen LogP contribution in [0, 0.1) is 5.92 Å². The zero-order chi connectivity index (χ0) is 49.3. The summed E-state index contributed by atoms with van der Waals surface area (Å²) in [5.74, 6) is -1.20. The quantitative estimate of drug-likeness (QED) is 0.0347. The molecular formula is C48H51N6O15P. The lowest BCUT2D eigenvalue weighted by molar-refractivity contribution is -0.171. The third-order valence-corrected chi connectivity index (χ3v) is 11.1. The Morgan fingerprint density at radius 2 is 1.29 bits per heavy atom. The van der Waals surface area contributed by atoms with Gasteiger partial charge in [-0.15, -0.1) is 0 Å². The van der Waals surface area contributed by atoms with E-state index in [2.05, 4.69) is 25.6 Å². The molecule has 0 spiro atoms. The first-order valence-corrected chi connectivity index (χ1v) is 23.5. The van der Waals surface area contributed by atoms with Crippen LogP contribution in [0.25, 0.3) is 11.2 Å². The van der Waals surface area contributed by atoms with Crippen molar-refractivity contribution in [2.45, 2.75) is 57.5 Å². The molecule has 0 aliphatic carbocycles. The second-order valence-corrected chi connectivity index (χ2v) is 17.4. The number of hydrogen-bond donors (Lipinski definition) is 3. The van der Waals surface area contributed by atoms with Crippen molar-refractivity contribution in [3.8, 4) is 17.2 Å². The first-order chi connectivity index (χ1) is 33.9. The van der Waals surface area contributed by atoms with Gasteiger partial charge in [-0.2, -0.15) is 0 Å². The van der Waals surface area contributed by atoms with E-state index in [0.717, 1.165) is 11.9 Å². The van der Waals surface area contributed by atoms with Gasteiger partial charge in [-0.25, -0.2) is 33.9 Å². The van der Waals surface area contributed by atoms with E-state index in [4.69, 9.17) is 42.2 Å². The number of para-hydroxylation sites is 3. The van der Waals surface area contributed by atoms with Crippen molar-refractivity contribution in [3.63, 3.8) is 0 Å². The molecule has 1 aliphatic rings. The molecule has 6 aromatic rings. The Labute approximate surface area is 401 Å². The van der Waals surface area contributed by atoms with Gasteiger partial charge in [-0.3, -0.25) is 18.4 Å². The Hall–Kier alpha value is -7.42. The number of anilines is 1. The number of benzene rings is 4. The number of alkyl carbamates (subject to hydrolysis) is 1. The van der Waals surface area contributed by atoms with Crippen LogP contribution in [0.2, 0.25) is 0 Å². The second-order valence-electron chi connectivity index (χ2n) is 16.0. The number of esters is 2. The van der Waals surface area contributed by atoms with Gasteiger partial charge in [-0.05, 0) is 54.3 Å². The van der Waals surface area contributed by atoms with Crippen LogP contribution in [-0.2, 0) is 53.6 Å². The lowest BCUT2D eigenvalue weighted by Gasteiger charge is -2.25. The lowest BCUT2D eigenvalue weighted by atomic mass is 10.0. The molecule has 1 aliphatic heterocycles. The summed E-state index contributed by atoms with van der Waals surface area (Å²) in [6.45, 7) is 0.992. The number of ether oxygens (including phenoxy) is 7. The molecule has 1 fully saturated rings. The van der Waals surface area contributed by atoms with Crippen LogP contribution in [0.5, 0.6) is 17.2 Å². The third kappa shape index (κ3) is 15.0. The first-order valence-electron chi connectivity index (χ1n) is 22.0. The molecule has 368 valence electrons. The number of rotatable bonds is 24. The highest BCUT2D eigenvalue weighted by Gasteiger charge is 2.52. The minimum atomic E-state index is -4.97. The number of phosphoric acid groups is 1. The summed E-state index contributed by atoms with van der Waals surface area (Å²) in [6, 6.07) is 33.9. The zero-order valence-electron chi connectivity index (χ0n) is 38.0. The van der Waals surface area contributed by atoms with Crippen LogP contribution in [0.3, 0.4) is 0 Å². The smallest absolute Gasteiger partial charge is 0.472 e. The molecule has 3 N–H and O–H groups in total. The van der Waals surface area contributed by atoms with Crippen LogP contribution >= 0.6 is 7.82 Å². The van der Waals surface area contributed by atoms with Crippen LogP contribution in [0.1, 0.15) is 32.1 Å². The number of aromatic nitrogens is 4. The third-order valence-electron chi connectivity index (χ3n) is 10.2. The van der Waals surface area contributed by atoms with Crippen LogP contribution in [-0.4, -0.2) is 106 Å². The number of carbonyl (C=O) groups excluding carboxylic acids is 4. The molecule has 0 bridgehead atoms.